The number of nitrogens with one attached hydrogen (secondary N) is 1. The summed E-state index contributed by atoms with van der Waals surface area (Å²) in [5.41, 5.74) is 5.59. The number of carbonyl (C=O) groups excluding carboxylic acids is 1. The van der Waals surface area contributed by atoms with Crippen LogP contribution in [0.15, 0.2) is 0 Å². The molecule has 0 spiro atoms. The van der Waals surface area contributed by atoms with Gasteiger partial charge in [-0.15, -0.1) is 0 Å². The van der Waals surface area contributed by atoms with Crippen LogP contribution >= 0.6 is 0 Å². The second-order valence-corrected chi connectivity index (χ2v) is 5.14. The highest BCUT2D eigenvalue weighted by Crippen LogP contribution is 2.24. The number of nitrogens with zero attached hydrogens (tertiary/aromatic N) is 1. The Kier molecular flexibility index (Phi) is 4.36. The predicted octanol–water partition coefficient (Wildman–Crippen LogP) is -0.439. The van der Waals surface area contributed by atoms with E-state index in [-0.39, 0.29) is 11.9 Å². The van der Waals surface area contributed by atoms with E-state index in [2.05, 4.69) is 10.2 Å². The molecule has 2 aliphatic rings. The Hall–Kier alpha value is -0.650. The van der Waals surface area contributed by atoms with Gasteiger partial charge in [-0.1, -0.05) is 0 Å². The molecule has 2 atom stereocenters. The van der Waals surface area contributed by atoms with Crippen molar-refractivity contribution >= 4 is 5.97 Å². The molecule has 5 nitrogen and oxygen atoms in total. The number of carbonyl (C=O) groups is 1. The number of hydrogen-bond donors (Lipinski definition) is 2. The number of likely N-dealkylation sites (tertiary alicyclic amines) is 1. The summed E-state index contributed by atoms with van der Waals surface area (Å²) >= 11 is 0. The van der Waals surface area contributed by atoms with Crippen LogP contribution in [0.4, 0.5) is 0 Å². The minimum absolute atomic E-state index is 0.00319. The highest BCUT2D eigenvalue weighted by molar-refractivity contribution is 5.72. The van der Waals surface area contributed by atoms with Crippen LogP contribution in [-0.2, 0) is 9.53 Å². The first-order valence-electron chi connectivity index (χ1n) is 6.49. The molecule has 2 rings (SSSR count). The predicted molar refractivity (Wildman–Crippen MR) is 65.6 cm³/mol. The molecule has 0 aromatic carbocycles. The topological polar surface area (TPSA) is 67.6 Å². The minimum Gasteiger partial charge on any atom is -0.469 e. The van der Waals surface area contributed by atoms with E-state index in [4.69, 9.17) is 10.5 Å². The Morgan fingerprint density at radius 2 is 2.18 bits per heavy atom. The molecule has 0 bridgehead atoms. The van der Waals surface area contributed by atoms with Gasteiger partial charge in [-0.2, -0.15) is 0 Å². The second-order valence-electron chi connectivity index (χ2n) is 5.14. The number of piperidine rings is 1. The van der Waals surface area contributed by atoms with Gasteiger partial charge in [-0.3, -0.25) is 9.69 Å². The first-order valence-corrected chi connectivity index (χ1v) is 6.49. The van der Waals surface area contributed by atoms with Crippen molar-refractivity contribution in [1.29, 1.82) is 0 Å². The summed E-state index contributed by atoms with van der Waals surface area (Å²) < 4.78 is 4.86. The van der Waals surface area contributed by atoms with E-state index in [9.17, 15) is 4.79 Å². The Morgan fingerprint density at radius 1 is 1.41 bits per heavy atom. The Labute approximate surface area is 103 Å². The van der Waals surface area contributed by atoms with Crippen LogP contribution in [-0.4, -0.2) is 56.2 Å². The van der Waals surface area contributed by atoms with Gasteiger partial charge in [0.05, 0.1) is 13.0 Å². The smallest absolute Gasteiger partial charge is 0.310 e. The Balaban J connectivity index is 1.90. The van der Waals surface area contributed by atoms with Crippen LogP contribution in [0.1, 0.15) is 19.3 Å². The number of ether oxygens (including phenoxy) is 1. The van der Waals surface area contributed by atoms with Crippen LogP contribution in [0, 0.1) is 5.92 Å². The molecule has 1 aliphatic heterocycles. The maximum Gasteiger partial charge on any atom is 0.310 e. The summed E-state index contributed by atoms with van der Waals surface area (Å²) in [4.78, 5) is 13.9. The van der Waals surface area contributed by atoms with Gasteiger partial charge >= 0.3 is 5.97 Å². The van der Waals surface area contributed by atoms with Gasteiger partial charge in [0.25, 0.3) is 0 Å². The Morgan fingerprint density at radius 3 is 2.76 bits per heavy atom. The van der Waals surface area contributed by atoms with Crippen LogP contribution in [0.3, 0.4) is 0 Å². The largest absolute Gasteiger partial charge is 0.469 e. The molecule has 5 heteroatoms. The summed E-state index contributed by atoms with van der Waals surface area (Å²) in [5, 5.41) is 3.60. The molecule has 0 aromatic rings. The van der Waals surface area contributed by atoms with E-state index in [0.717, 1.165) is 26.1 Å². The first-order chi connectivity index (χ1) is 8.22. The summed E-state index contributed by atoms with van der Waals surface area (Å²) in [7, 11) is 1.47. The Bertz CT molecular complexity index is 268. The summed E-state index contributed by atoms with van der Waals surface area (Å²) in [6.07, 6.45) is 3.44. The lowest BCUT2D eigenvalue weighted by Gasteiger charge is -2.36. The average Bonchev–Trinajstić information content (AvgIpc) is 3.12. The molecule has 17 heavy (non-hydrogen) atoms. The lowest BCUT2D eigenvalue weighted by Crippen LogP contribution is -2.52. The molecular formula is C12H23N3O2. The average molecular weight is 241 g/mol. The second kappa shape index (κ2) is 5.80. The van der Waals surface area contributed by atoms with Gasteiger partial charge in [0.1, 0.15) is 0 Å². The molecule has 1 aliphatic carbocycles. The van der Waals surface area contributed by atoms with E-state index in [1.807, 2.05) is 0 Å². The standard InChI is InChI=1S/C12H23N3O2/c1-17-12(16)9-6-11(14-10-2-3-10)8-15(7-9)5-4-13/h9-11,14H,2-8,13H2,1H3. The zero-order valence-electron chi connectivity index (χ0n) is 10.5. The van der Waals surface area contributed by atoms with Gasteiger partial charge in [0, 0.05) is 38.3 Å². The van der Waals surface area contributed by atoms with E-state index in [1.54, 1.807) is 0 Å². The van der Waals surface area contributed by atoms with Crippen molar-refractivity contribution in [2.24, 2.45) is 11.7 Å². The number of hydrogen-bond acceptors (Lipinski definition) is 5. The summed E-state index contributed by atoms with van der Waals surface area (Å²) in [6, 6.07) is 1.09. The van der Waals surface area contributed by atoms with Crippen molar-refractivity contribution in [3.8, 4) is 0 Å². The zero-order chi connectivity index (χ0) is 12.3. The molecule has 1 saturated carbocycles. The lowest BCUT2D eigenvalue weighted by molar-refractivity contribution is -0.147. The fourth-order valence-corrected chi connectivity index (χ4v) is 2.60. The van der Waals surface area contributed by atoms with Crippen molar-refractivity contribution in [1.82, 2.24) is 10.2 Å². The molecule has 98 valence electrons. The van der Waals surface area contributed by atoms with Crippen molar-refractivity contribution in [3.63, 3.8) is 0 Å². The summed E-state index contributed by atoms with van der Waals surface area (Å²) in [5.74, 6) is -0.0918. The SMILES string of the molecule is COC(=O)C1CC(NC2CC2)CN(CCN)C1. The minimum atomic E-state index is -0.0886. The number of esters is 1. The van der Waals surface area contributed by atoms with E-state index in [0.29, 0.717) is 18.6 Å². The normalized spacial score (nSPS) is 30.2. The zero-order valence-corrected chi connectivity index (χ0v) is 10.5. The van der Waals surface area contributed by atoms with Crippen molar-refractivity contribution in [2.45, 2.75) is 31.3 Å². The monoisotopic (exact) mass is 241 g/mol. The maximum atomic E-state index is 11.7. The van der Waals surface area contributed by atoms with E-state index in [1.165, 1.54) is 20.0 Å². The molecule has 2 unspecified atom stereocenters. The molecular weight excluding hydrogens is 218 g/mol. The fraction of sp³-hybridized carbons (Fsp3) is 0.917. The number of nitrogens with two attached hydrogens (primary N) is 1. The van der Waals surface area contributed by atoms with Crippen LogP contribution in [0.25, 0.3) is 0 Å². The highest BCUT2D eigenvalue weighted by atomic mass is 16.5. The van der Waals surface area contributed by atoms with Gasteiger partial charge in [0.15, 0.2) is 0 Å². The van der Waals surface area contributed by atoms with Crippen LogP contribution in [0.5, 0.6) is 0 Å². The fourth-order valence-electron chi connectivity index (χ4n) is 2.60. The van der Waals surface area contributed by atoms with Gasteiger partial charge in [-0.25, -0.2) is 0 Å². The quantitative estimate of drug-likeness (QED) is 0.639. The molecule has 0 amide bonds. The molecule has 3 N–H and O–H groups in total. The van der Waals surface area contributed by atoms with Gasteiger partial charge < -0.3 is 15.8 Å². The third-order valence-electron chi connectivity index (χ3n) is 3.55. The van der Waals surface area contributed by atoms with Crippen LogP contribution in [0.2, 0.25) is 0 Å². The van der Waals surface area contributed by atoms with Crippen molar-refractivity contribution < 1.29 is 9.53 Å². The van der Waals surface area contributed by atoms with E-state index >= 15 is 0 Å². The van der Waals surface area contributed by atoms with E-state index < -0.39 is 0 Å². The molecule has 1 heterocycles. The maximum absolute atomic E-state index is 11.7. The van der Waals surface area contributed by atoms with Gasteiger partial charge in [-0.05, 0) is 19.3 Å². The van der Waals surface area contributed by atoms with Crippen molar-refractivity contribution in [2.75, 3.05) is 33.3 Å². The van der Waals surface area contributed by atoms with Crippen molar-refractivity contribution in [3.05, 3.63) is 0 Å². The highest BCUT2D eigenvalue weighted by Gasteiger charge is 2.34. The lowest BCUT2D eigenvalue weighted by atomic mass is 9.94. The molecule has 0 aromatic heterocycles. The third-order valence-corrected chi connectivity index (χ3v) is 3.55. The summed E-state index contributed by atoms with van der Waals surface area (Å²) in [6.45, 7) is 3.29. The first kappa shape index (κ1) is 12.8. The number of methoxy groups -OCH3 is 1. The van der Waals surface area contributed by atoms with Gasteiger partial charge in [0.2, 0.25) is 0 Å². The molecule has 1 saturated heterocycles. The van der Waals surface area contributed by atoms with Crippen LogP contribution < -0.4 is 11.1 Å². The molecule has 2 fully saturated rings. The molecule has 0 radical (unpaired) electrons. The third kappa shape index (κ3) is 3.66. The number of rotatable bonds is 5.